The molecular weight excluding hydrogens is 799 g/mol. The van der Waals surface area contributed by atoms with Crippen molar-refractivity contribution in [2.45, 2.75) is 153 Å². The standard InChI is InChI=1S/C29H41.C15H14.C9H13.2ClH.Zr/c1-26(2,3)22-14-18-13-19-15-23(27(4,5)6)25(29(10,11)12)17-21(19)20(18)16-24(22)28(7,8)9;1-12-3-7-14(8-4-12)11-15-9-5-13(2)6-10-15;1-6-5-7(2)9(4)8(6)3;;;/h14,16-17H,13H2,1-12H3;3-10H,1-2H3;6H,1-4H3;2*1H;/q;;;;;+2/p-2. The van der Waals surface area contributed by atoms with Crippen molar-refractivity contribution in [3.05, 3.63) is 142 Å². The monoisotopic (exact) mass is 864 g/mol. The van der Waals surface area contributed by atoms with E-state index in [1.807, 2.05) is 0 Å². The van der Waals surface area contributed by atoms with Crippen LogP contribution in [0.1, 0.15) is 166 Å². The normalized spacial score (nSPS) is 15.6. The molecule has 4 aromatic carbocycles. The molecule has 4 aromatic rings. The van der Waals surface area contributed by atoms with Crippen molar-refractivity contribution in [3.8, 4) is 11.1 Å². The van der Waals surface area contributed by atoms with E-state index in [9.17, 15) is 0 Å². The van der Waals surface area contributed by atoms with Crippen LogP contribution in [0.2, 0.25) is 0 Å². The maximum atomic E-state index is 2.67. The Balaban J connectivity index is 0.00000348. The Kier molecular flexibility index (Phi) is 13.3. The fraction of sp³-hybridized carbons (Fsp3) is 0.453. The van der Waals surface area contributed by atoms with Crippen molar-refractivity contribution >= 4 is 6.48 Å². The molecule has 0 aromatic heterocycles. The van der Waals surface area contributed by atoms with Crippen LogP contribution in [0, 0.1) is 19.8 Å². The van der Waals surface area contributed by atoms with Crippen LogP contribution in [-0.4, -0.2) is 3.21 Å². The Hall–Kier alpha value is -2.31. The summed E-state index contributed by atoms with van der Waals surface area (Å²) >= 11 is -3.13. The SMILES string of the molecule is CC1=C(C)C(C)[C]([Zr+2](=[C](c2ccc(C)cc2)c2ccc(C)cc2)[c]2c3c(cc(C(C)(C)C)c2C(C)(C)C)-c2cc(C(C)(C)C)c(C(C)(C)C)cc2C3)=C1C.[Cl-].[Cl-]. The summed E-state index contributed by atoms with van der Waals surface area (Å²) in [6.07, 6.45) is 1.01. The number of aryl methyl sites for hydroxylation is 2. The summed E-state index contributed by atoms with van der Waals surface area (Å²) in [5.74, 6) is 0.427. The van der Waals surface area contributed by atoms with Gasteiger partial charge in [-0.05, 0) is 0 Å². The molecule has 0 heterocycles. The molecule has 0 N–H and O–H groups in total. The average Bonchev–Trinajstić information content (AvgIpc) is 3.51. The van der Waals surface area contributed by atoms with Crippen molar-refractivity contribution in [2.24, 2.45) is 5.92 Å². The van der Waals surface area contributed by atoms with Gasteiger partial charge in [0.1, 0.15) is 0 Å². The van der Waals surface area contributed by atoms with Gasteiger partial charge in [0, 0.05) is 0 Å². The molecule has 0 spiro atoms. The Bertz CT molecular complexity index is 2200. The van der Waals surface area contributed by atoms with Gasteiger partial charge in [0.15, 0.2) is 0 Å². The first-order chi connectivity index (χ1) is 24.8. The first-order valence-electron chi connectivity index (χ1n) is 20.5. The zero-order valence-corrected chi connectivity index (χ0v) is 41.9. The van der Waals surface area contributed by atoms with Gasteiger partial charge in [-0.15, -0.1) is 0 Å². The predicted octanol–water partition coefficient (Wildman–Crippen LogP) is 7.85. The zero-order valence-electron chi connectivity index (χ0n) is 37.9. The Morgan fingerprint density at radius 3 is 1.36 bits per heavy atom. The van der Waals surface area contributed by atoms with Crippen molar-refractivity contribution in [1.82, 2.24) is 0 Å². The zero-order chi connectivity index (χ0) is 40.0. The van der Waals surface area contributed by atoms with E-state index in [0.29, 0.717) is 5.92 Å². The maximum Gasteiger partial charge on any atom is -1.00 e. The van der Waals surface area contributed by atoms with Crippen LogP contribution in [0.25, 0.3) is 11.1 Å². The second-order valence-electron chi connectivity index (χ2n) is 21.0. The van der Waals surface area contributed by atoms with Crippen LogP contribution in [0.4, 0.5) is 0 Å². The number of halogens is 2. The van der Waals surface area contributed by atoms with E-state index < -0.39 is 21.3 Å². The van der Waals surface area contributed by atoms with Crippen LogP contribution >= 0.6 is 0 Å². The number of hydrogen-bond acceptors (Lipinski definition) is 0. The summed E-state index contributed by atoms with van der Waals surface area (Å²) in [6.45, 7) is 43.5. The van der Waals surface area contributed by atoms with E-state index in [1.54, 1.807) is 32.0 Å². The van der Waals surface area contributed by atoms with Crippen molar-refractivity contribution in [3.63, 3.8) is 0 Å². The fourth-order valence-electron chi connectivity index (χ4n) is 9.33. The first-order valence-corrected chi connectivity index (χ1v) is 24.2. The molecule has 0 fully saturated rings. The first kappa shape index (κ1) is 46.4. The molecule has 0 aliphatic heterocycles. The number of rotatable bonds is 4. The molecule has 2 aliphatic carbocycles. The predicted molar refractivity (Wildman–Crippen MR) is 235 cm³/mol. The van der Waals surface area contributed by atoms with Gasteiger partial charge in [-0.2, -0.15) is 0 Å². The molecule has 0 amide bonds. The minimum absolute atomic E-state index is 0. The topological polar surface area (TPSA) is 0 Å². The van der Waals surface area contributed by atoms with Gasteiger partial charge < -0.3 is 24.8 Å². The average molecular weight is 867 g/mol. The third-order valence-corrected chi connectivity index (χ3v) is 21.1. The smallest absolute Gasteiger partial charge is 1.00 e. The molecule has 6 rings (SSSR count). The van der Waals surface area contributed by atoms with Gasteiger partial charge in [-0.3, -0.25) is 0 Å². The van der Waals surface area contributed by atoms with E-state index in [2.05, 4.69) is 191 Å². The second kappa shape index (κ2) is 16.0. The molecule has 56 heavy (non-hydrogen) atoms. The maximum absolute atomic E-state index is 3.13. The summed E-state index contributed by atoms with van der Waals surface area (Å²) in [5.41, 5.74) is 22.4. The third-order valence-electron chi connectivity index (χ3n) is 12.6. The minimum Gasteiger partial charge on any atom is -1.00 e. The summed E-state index contributed by atoms with van der Waals surface area (Å²) in [6, 6.07) is 27.1. The summed E-state index contributed by atoms with van der Waals surface area (Å²) in [4.78, 5) is 0. The molecule has 1 unspecified atom stereocenters. The van der Waals surface area contributed by atoms with Crippen LogP contribution in [0.5, 0.6) is 0 Å². The van der Waals surface area contributed by atoms with E-state index >= 15 is 0 Å². The van der Waals surface area contributed by atoms with Crippen LogP contribution in [0.15, 0.2) is 86.7 Å². The molecule has 0 bridgehead atoms. The van der Waals surface area contributed by atoms with E-state index in [-0.39, 0.29) is 46.5 Å². The number of hydrogen-bond donors (Lipinski definition) is 0. The summed E-state index contributed by atoms with van der Waals surface area (Å²) in [5, 5.41) is 0. The van der Waals surface area contributed by atoms with Gasteiger partial charge in [0.25, 0.3) is 0 Å². The number of fused-ring (bicyclic) bond motifs is 3. The summed E-state index contributed by atoms with van der Waals surface area (Å²) in [7, 11) is 0. The largest absolute Gasteiger partial charge is 1.00 e. The van der Waals surface area contributed by atoms with Crippen LogP contribution in [0.3, 0.4) is 0 Å². The number of allylic oxidation sites excluding steroid dienone is 4. The molecule has 0 nitrogen and oxygen atoms in total. The van der Waals surface area contributed by atoms with Gasteiger partial charge in [-0.1, -0.05) is 0 Å². The Morgan fingerprint density at radius 1 is 0.536 bits per heavy atom. The van der Waals surface area contributed by atoms with Gasteiger partial charge in [0.05, 0.1) is 0 Å². The molecule has 2 aliphatic rings. The second-order valence-corrected chi connectivity index (χ2v) is 26.6. The number of benzene rings is 4. The molecule has 298 valence electrons. The van der Waals surface area contributed by atoms with E-state index in [1.165, 1.54) is 61.2 Å². The Labute approximate surface area is 362 Å². The molecule has 1 atom stereocenters. The molecule has 0 saturated carbocycles. The van der Waals surface area contributed by atoms with E-state index in [0.717, 1.165) is 6.42 Å². The van der Waals surface area contributed by atoms with Crippen LogP contribution < -0.4 is 28.1 Å². The van der Waals surface area contributed by atoms with Crippen molar-refractivity contribution < 1.29 is 46.1 Å². The Morgan fingerprint density at radius 2 is 0.964 bits per heavy atom. The van der Waals surface area contributed by atoms with E-state index in [4.69, 9.17) is 0 Å². The molecule has 0 saturated heterocycles. The minimum atomic E-state index is -3.13. The molecular formula is C53H68Cl2Zr. The van der Waals surface area contributed by atoms with Crippen LogP contribution in [-0.2, 0) is 49.3 Å². The van der Waals surface area contributed by atoms with Gasteiger partial charge in [0.2, 0.25) is 0 Å². The van der Waals surface area contributed by atoms with Gasteiger partial charge in [-0.25, -0.2) is 0 Å². The third kappa shape index (κ3) is 8.41. The quantitative estimate of drug-likeness (QED) is 0.173. The fourth-order valence-corrected chi connectivity index (χ4v) is 19.6. The summed E-state index contributed by atoms with van der Waals surface area (Å²) < 4.78 is 5.14. The molecule has 3 heteroatoms. The van der Waals surface area contributed by atoms with Crippen molar-refractivity contribution in [2.75, 3.05) is 0 Å². The van der Waals surface area contributed by atoms with Gasteiger partial charge >= 0.3 is 340 Å². The molecule has 0 radical (unpaired) electrons. The van der Waals surface area contributed by atoms with Crippen molar-refractivity contribution in [1.29, 1.82) is 0 Å².